The van der Waals surface area contributed by atoms with Crippen molar-refractivity contribution in [3.05, 3.63) is 86.0 Å². The fraction of sp³-hybridized carbons (Fsp3) is 0.0952. The highest BCUT2D eigenvalue weighted by Gasteiger charge is 2.18. The topological polar surface area (TPSA) is 130 Å². The summed E-state index contributed by atoms with van der Waals surface area (Å²) in [5.74, 6) is -1.03. The summed E-state index contributed by atoms with van der Waals surface area (Å²) in [6, 6.07) is 11.7. The van der Waals surface area contributed by atoms with Gasteiger partial charge >= 0.3 is 0 Å². The lowest BCUT2D eigenvalue weighted by atomic mass is 10.1. The molecular formula is C21H15BrN4O5. The number of ketones is 1. The lowest BCUT2D eigenvalue weighted by Gasteiger charge is -2.18. The molecule has 0 saturated carbocycles. The third-order valence-corrected chi connectivity index (χ3v) is 5.02. The number of ether oxygens (including phenoxy) is 1. The van der Waals surface area contributed by atoms with E-state index in [2.05, 4.69) is 36.5 Å². The van der Waals surface area contributed by atoms with E-state index in [0.717, 1.165) is 10.7 Å². The zero-order valence-corrected chi connectivity index (χ0v) is 17.5. The lowest BCUT2D eigenvalue weighted by molar-refractivity contribution is -0.118. The third kappa shape index (κ3) is 4.53. The average Bonchev–Trinajstić information content (AvgIpc) is 2.77. The zero-order valence-electron chi connectivity index (χ0n) is 15.9. The third-order valence-electron chi connectivity index (χ3n) is 4.50. The first-order valence-electron chi connectivity index (χ1n) is 9.14. The van der Waals surface area contributed by atoms with Crippen LogP contribution < -0.4 is 20.9 Å². The summed E-state index contributed by atoms with van der Waals surface area (Å²) in [7, 11) is 0. The summed E-state index contributed by atoms with van der Waals surface area (Å²) < 4.78 is 6.09. The summed E-state index contributed by atoms with van der Waals surface area (Å²) in [5, 5.41) is 5.32. The summed E-state index contributed by atoms with van der Waals surface area (Å²) in [6.07, 6.45) is 1.09. The van der Waals surface area contributed by atoms with Gasteiger partial charge in [0, 0.05) is 22.8 Å². The molecule has 0 atom stereocenters. The van der Waals surface area contributed by atoms with Crippen LogP contribution in [0.2, 0.25) is 0 Å². The van der Waals surface area contributed by atoms with Crippen molar-refractivity contribution in [3.63, 3.8) is 0 Å². The highest BCUT2D eigenvalue weighted by molar-refractivity contribution is 9.10. The van der Waals surface area contributed by atoms with Crippen LogP contribution in [-0.4, -0.2) is 34.2 Å². The molecule has 31 heavy (non-hydrogen) atoms. The molecule has 2 amide bonds. The molecule has 0 spiro atoms. The van der Waals surface area contributed by atoms with Crippen LogP contribution in [0.15, 0.2) is 57.9 Å². The molecule has 3 aromatic rings. The molecule has 9 nitrogen and oxygen atoms in total. The molecule has 156 valence electrons. The number of nitrogens with zero attached hydrogens (tertiary/aromatic N) is 1. The molecule has 3 N–H and O–H groups in total. The predicted octanol–water partition coefficient (Wildman–Crippen LogP) is 2.02. The van der Waals surface area contributed by atoms with Crippen LogP contribution in [0, 0.1) is 0 Å². The first-order chi connectivity index (χ1) is 14.9. The van der Waals surface area contributed by atoms with Gasteiger partial charge in [-0.15, -0.1) is 0 Å². The van der Waals surface area contributed by atoms with Crippen LogP contribution in [0.5, 0.6) is 5.75 Å². The summed E-state index contributed by atoms with van der Waals surface area (Å²) >= 11 is 3.28. The minimum Gasteiger partial charge on any atom is -0.482 e. The molecule has 0 bridgehead atoms. The number of aromatic amines is 1. The number of nitrogens with one attached hydrogen (secondary N) is 3. The molecule has 0 fully saturated rings. The zero-order chi connectivity index (χ0) is 22.0. The molecule has 4 rings (SSSR count). The maximum atomic E-state index is 12.5. The van der Waals surface area contributed by atoms with E-state index in [1.165, 1.54) is 0 Å². The minimum atomic E-state index is -0.707. The highest BCUT2D eigenvalue weighted by Crippen LogP contribution is 2.28. The van der Waals surface area contributed by atoms with E-state index < -0.39 is 17.2 Å². The van der Waals surface area contributed by atoms with Crippen molar-refractivity contribution in [1.82, 2.24) is 15.3 Å². The smallest absolute Gasteiger partial charge is 0.287 e. The average molecular weight is 483 g/mol. The number of amides is 2. The Morgan fingerprint density at radius 2 is 1.90 bits per heavy atom. The Hall–Kier alpha value is -3.79. The van der Waals surface area contributed by atoms with Gasteiger partial charge in [0.15, 0.2) is 18.2 Å². The standard InChI is InChI=1S/C21H15BrN4O5/c22-13-4-2-12(3-5-13)18(28)14-9-23-19(26-20(14)29)21(30)24-8-11-1-6-16-15(7-11)25-17(27)10-31-16/h1-7,9H,8,10H2,(H,24,30)(H,25,27)(H,23,26,29). The van der Waals surface area contributed by atoms with Gasteiger partial charge in [-0.2, -0.15) is 0 Å². The molecule has 0 radical (unpaired) electrons. The van der Waals surface area contributed by atoms with Gasteiger partial charge in [0.1, 0.15) is 11.3 Å². The second kappa shape index (κ2) is 8.52. The lowest BCUT2D eigenvalue weighted by Crippen LogP contribution is -2.29. The largest absolute Gasteiger partial charge is 0.482 e. The van der Waals surface area contributed by atoms with E-state index in [1.807, 2.05) is 0 Å². The number of carbonyl (C=O) groups is 3. The number of rotatable bonds is 5. The van der Waals surface area contributed by atoms with Crippen molar-refractivity contribution in [1.29, 1.82) is 0 Å². The maximum absolute atomic E-state index is 12.5. The molecule has 2 aromatic carbocycles. The molecular weight excluding hydrogens is 468 g/mol. The van der Waals surface area contributed by atoms with E-state index >= 15 is 0 Å². The number of hydrogen-bond donors (Lipinski definition) is 3. The first-order valence-corrected chi connectivity index (χ1v) is 9.93. The number of fused-ring (bicyclic) bond motifs is 1. The van der Waals surface area contributed by atoms with Crippen molar-refractivity contribution in [2.24, 2.45) is 0 Å². The minimum absolute atomic E-state index is 0.0393. The fourth-order valence-electron chi connectivity index (χ4n) is 2.94. The molecule has 0 unspecified atom stereocenters. The van der Waals surface area contributed by atoms with Crippen molar-refractivity contribution in [3.8, 4) is 5.75 Å². The van der Waals surface area contributed by atoms with Crippen LogP contribution in [0.3, 0.4) is 0 Å². The van der Waals surface area contributed by atoms with Crippen molar-refractivity contribution in [2.45, 2.75) is 6.54 Å². The van der Waals surface area contributed by atoms with E-state index in [1.54, 1.807) is 42.5 Å². The molecule has 1 aliphatic rings. The monoisotopic (exact) mass is 482 g/mol. The van der Waals surface area contributed by atoms with Gasteiger partial charge in [-0.3, -0.25) is 19.2 Å². The maximum Gasteiger partial charge on any atom is 0.287 e. The molecule has 10 heteroatoms. The Bertz CT molecular complexity index is 1250. The van der Waals surface area contributed by atoms with Gasteiger partial charge in [0.2, 0.25) is 0 Å². The van der Waals surface area contributed by atoms with Gasteiger partial charge in [0.05, 0.1) is 5.69 Å². The fourth-order valence-corrected chi connectivity index (χ4v) is 3.20. The predicted molar refractivity (Wildman–Crippen MR) is 114 cm³/mol. The SMILES string of the molecule is O=C1COc2ccc(CNC(=O)c3ncc(C(=O)c4ccc(Br)cc4)c(=O)[nH]3)cc2N1. The van der Waals surface area contributed by atoms with Gasteiger partial charge < -0.3 is 20.4 Å². The number of hydrogen-bond acceptors (Lipinski definition) is 6. The van der Waals surface area contributed by atoms with E-state index in [9.17, 15) is 19.2 Å². The second-order valence-corrected chi connectivity index (χ2v) is 7.58. The van der Waals surface area contributed by atoms with Crippen molar-refractivity contribution >= 4 is 39.2 Å². The van der Waals surface area contributed by atoms with Crippen LogP contribution in [0.25, 0.3) is 0 Å². The van der Waals surface area contributed by atoms with Crippen molar-refractivity contribution in [2.75, 3.05) is 11.9 Å². The summed E-state index contributed by atoms with van der Waals surface area (Å²) in [6.45, 7) is 0.0910. The molecule has 0 saturated heterocycles. The number of benzene rings is 2. The van der Waals surface area contributed by atoms with Crippen molar-refractivity contribution < 1.29 is 19.1 Å². The van der Waals surface area contributed by atoms with Crippen LogP contribution in [0.1, 0.15) is 32.1 Å². The molecule has 1 aromatic heterocycles. The van der Waals surface area contributed by atoms with Crippen LogP contribution >= 0.6 is 15.9 Å². The van der Waals surface area contributed by atoms with Crippen LogP contribution in [0.4, 0.5) is 5.69 Å². The van der Waals surface area contributed by atoms with E-state index in [4.69, 9.17) is 4.74 Å². The normalized spacial score (nSPS) is 12.4. The Morgan fingerprint density at radius 1 is 1.13 bits per heavy atom. The summed E-state index contributed by atoms with van der Waals surface area (Å²) in [4.78, 5) is 54.9. The molecule has 1 aliphatic heterocycles. The number of halogens is 1. The Labute approximate surface area is 184 Å². The quantitative estimate of drug-likeness (QED) is 0.477. The highest BCUT2D eigenvalue weighted by atomic mass is 79.9. The number of carbonyl (C=O) groups excluding carboxylic acids is 3. The van der Waals surface area contributed by atoms with E-state index in [0.29, 0.717) is 22.6 Å². The Kier molecular flexibility index (Phi) is 5.63. The first kappa shape index (κ1) is 20.5. The molecule has 0 aliphatic carbocycles. The van der Waals surface area contributed by atoms with Crippen LogP contribution in [-0.2, 0) is 11.3 Å². The number of H-pyrrole nitrogens is 1. The summed E-state index contributed by atoms with van der Waals surface area (Å²) in [5.41, 5.74) is 0.690. The van der Waals surface area contributed by atoms with E-state index in [-0.39, 0.29) is 30.4 Å². The second-order valence-electron chi connectivity index (χ2n) is 6.66. The van der Waals surface area contributed by atoms with Gasteiger partial charge in [-0.25, -0.2) is 4.98 Å². The number of aromatic nitrogens is 2. The van der Waals surface area contributed by atoms with Gasteiger partial charge in [0.25, 0.3) is 17.4 Å². The van der Waals surface area contributed by atoms with Gasteiger partial charge in [-0.05, 0) is 42.0 Å². The Balaban J connectivity index is 1.45. The molecule has 2 heterocycles. The Morgan fingerprint density at radius 3 is 2.65 bits per heavy atom. The number of anilines is 1. The van der Waals surface area contributed by atoms with Gasteiger partial charge in [-0.1, -0.05) is 22.0 Å².